The molecule has 0 unspecified atom stereocenters. The van der Waals surface area contributed by atoms with E-state index in [2.05, 4.69) is 13.8 Å². The molecular formula is C12H28O2Si. The molecule has 0 radical (unpaired) electrons. The summed E-state index contributed by atoms with van der Waals surface area (Å²) in [6, 6.07) is 0. The minimum atomic E-state index is -0.657. The molecule has 15 heavy (non-hydrogen) atoms. The Bertz CT molecular complexity index is 97.8. The lowest BCUT2D eigenvalue weighted by atomic mass is 10.2. The molecule has 0 spiro atoms. The molecule has 0 saturated heterocycles. The van der Waals surface area contributed by atoms with Crippen LogP contribution in [0.5, 0.6) is 0 Å². The van der Waals surface area contributed by atoms with Crippen LogP contribution in [-0.4, -0.2) is 23.2 Å². The standard InChI is InChI=1S/C12H28O2Si/c1-3-5-7-9-11-13-15-14-12-10-8-6-4-2/h3-12,15H2,1-2H3. The van der Waals surface area contributed by atoms with Gasteiger partial charge in [0.1, 0.15) is 0 Å². The average molecular weight is 232 g/mol. The summed E-state index contributed by atoms with van der Waals surface area (Å²) in [7, 11) is -0.657. The third-order valence-electron chi connectivity index (χ3n) is 2.45. The molecule has 0 amide bonds. The van der Waals surface area contributed by atoms with E-state index in [1.165, 1.54) is 51.4 Å². The van der Waals surface area contributed by atoms with Crippen LogP contribution in [0.25, 0.3) is 0 Å². The van der Waals surface area contributed by atoms with E-state index in [1.807, 2.05) is 0 Å². The summed E-state index contributed by atoms with van der Waals surface area (Å²) in [4.78, 5) is 0. The predicted octanol–water partition coefficient (Wildman–Crippen LogP) is 3.18. The minimum absolute atomic E-state index is 0.657. The number of hydrogen-bond acceptors (Lipinski definition) is 2. The van der Waals surface area contributed by atoms with E-state index in [9.17, 15) is 0 Å². The van der Waals surface area contributed by atoms with Crippen LogP contribution in [0, 0.1) is 0 Å². The zero-order valence-corrected chi connectivity index (χ0v) is 12.0. The van der Waals surface area contributed by atoms with E-state index in [1.54, 1.807) is 0 Å². The second-order valence-electron chi connectivity index (χ2n) is 4.06. The Kier molecular flexibility index (Phi) is 14.3. The maximum atomic E-state index is 5.50. The molecule has 3 heteroatoms. The lowest BCUT2D eigenvalue weighted by Gasteiger charge is -2.05. The largest absolute Gasteiger partial charge is 0.399 e. The van der Waals surface area contributed by atoms with Crippen molar-refractivity contribution < 1.29 is 8.85 Å². The van der Waals surface area contributed by atoms with Crippen LogP contribution in [0.1, 0.15) is 65.2 Å². The van der Waals surface area contributed by atoms with Gasteiger partial charge >= 0.3 is 10.0 Å². The Hall–Kier alpha value is 0.137. The van der Waals surface area contributed by atoms with Gasteiger partial charge in [0.2, 0.25) is 0 Å². The Morgan fingerprint density at radius 1 is 0.667 bits per heavy atom. The topological polar surface area (TPSA) is 18.5 Å². The number of hydrogen-bond donors (Lipinski definition) is 0. The molecule has 0 heterocycles. The highest BCUT2D eigenvalue weighted by Crippen LogP contribution is 2.00. The molecule has 0 rings (SSSR count). The first-order chi connectivity index (χ1) is 7.41. The van der Waals surface area contributed by atoms with Crippen LogP contribution >= 0.6 is 0 Å². The highest BCUT2D eigenvalue weighted by atomic mass is 28.3. The molecule has 0 aliphatic rings. The third kappa shape index (κ3) is 14.1. The van der Waals surface area contributed by atoms with Gasteiger partial charge in [0.15, 0.2) is 0 Å². The summed E-state index contributed by atoms with van der Waals surface area (Å²) >= 11 is 0. The fourth-order valence-electron chi connectivity index (χ4n) is 1.44. The first-order valence-electron chi connectivity index (χ1n) is 6.57. The van der Waals surface area contributed by atoms with E-state index in [4.69, 9.17) is 8.85 Å². The highest BCUT2D eigenvalue weighted by Gasteiger charge is 1.92. The molecule has 0 aliphatic carbocycles. The van der Waals surface area contributed by atoms with E-state index in [-0.39, 0.29) is 0 Å². The van der Waals surface area contributed by atoms with Crippen LogP contribution in [-0.2, 0) is 8.85 Å². The van der Waals surface area contributed by atoms with Crippen LogP contribution in [0.3, 0.4) is 0 Å². The van der Waals surface area contributed by atoms with Crippen molar-refractivity contribution in [1.29, 1.82) is 0 Å². The van der Waals surface area contributed by atoms with Crippen molar-refractivity contribution in [2.75, 3.05) is 13.2 Å². The predicted molar refractivity (Wildman–Crippen MR) is 68.7 cm³/mol. The molecule has 0 atom stereocenters. The monoisotopic (exact) mass is 232 g/mol. The van der Waals surface area contributed by atoms with Gasteiger partial charge in [-0.1, -0.05) is 52.4 Å². The summed E-state index contributed by atoms with van der Waals surface area (Å²) in [5.41, 5.74) is 0. The van der Waals surface area contributed by atoms with Crippen molar-refractivity contribution in [1.82, 2.24) is 0 Å². The van der Waals surface area contributed by atoms with Gasteiger partial charge < -0.3 is 8.85 Å². The van der Waals surface area contributed by atoms with Crippen LogP contribution in [0.15, 0.2) is 0 Å². The van der Waals surface area contributed by atoms with Crippen molar-refractivity contribution in [3.63, 3.8) is 0 Å². The van der Waals surface area contributed by atoms with Crippen molar-refractivity contribution in [2.24, 2.45) is 0 Å². The van der Waals surface area contributed by atoms with E-state index in [0.29, 0.717) is 0 Å². The van der Waals surface area contributed by atoms with Crippen molar-refractivity contribution >= 4 is 10.0 Å². The van der Waals surface area contributed by atoms with Gasteiger partial charge in [-0.05, 0) is 12.8 Å². The summed E-state index contributed by atoms with van der Waals surface area (Å²) in [5, 5.41) is 0. The molecule has 0 fully saturated rings. The summed E-state index contributed by atoms with van der Waals surface area (Å²) in [6.07, 6.45) is 10.3. The molecule has 92 valence electrons. The fourth-order valence-corrected chi connectivity index (χ4v) is 2.20. The highest BCUT2D eigenvalue weighted by molar-refractivity contribution is 6.17. The Labute approximate surface area is 97.8 Å². The Morgan fingerprint density at radius 3 is 1.53 bits per heavy atom. The summed E-state index contributed by atoms with van der Waals surface area (Å²) in [5.74, 6) is 0. The lowest BCUT2D eigenvalue weighted by molar-refractivity contribution is 0.213. The fraction of sp³-hybridized carbons (Fsp3) is 1.00. The van der Waals surface area contributed by atoms with Gasteiger partial charge in [-0.25, -0.2) is 0 Å². The summed E-state index contributed by atoms with van der Waals surface area (Å²) in [6.45, 7) is 6.30. The third-order valence-corrected chi connectivity index (χ3v) is 3.36. The quantitative estimate of drug-likeness (QED) is 0.380. The second-order valence-corrected chi connectivity index (χ2v) is 5.11. The van der Waals surface area contributed by atoms with Crippen molar-refractivity contribution in [2.45, 2.75) is 65.2 Å². The van der Waals surface area contributed by atoms with Gasteiger partial charge in [-0.2, -0.15) is 0 Å². The van der Waals surface area contributed by atoms with Gasteiger partial charge in [0.05, 0.1) is 0 Å². The smallest absolute Gasteiger partial charge is 0.304 e. The molecule has 0 aromatic carbocycles. The summed E-state index contributed by atoms with van der Waals surface area (Å²) < 4.78 is 11.0. The maximum absolute atomic E-state index is 5.50. The molecule has 0 bridgehead atoms. The molecule has 0 N–H and O–H groups in total. The van der Waals surface area contributed by atoms with E-state index < -0.39 is 10.0 Å². The molecule has 0 aromatic rings. The maximum Gasteiger partial charge on any atom is 0.304 e. The van der Waals surface area contributed by atoms with E-state index in [0.717, 1.165) is 13.2 Å². The van der Waals surface area contributed by atoms with Crippen molar-refractivity contribution in [3.8, 4) is 0 Å². The first kappa shape index (κ1) is 15.1. The zero-order chi connectivity index (χ0) is 11.2. The van der Waals surface area contributed by atoms with Crippen LogP contribution < -0.4 is 0 Å². The van der Waals surface area contributed by atoms with Gasteiger partial charge in [-0.15, -0.1) is 0 Å². The SMILES string of the molecule is CCCCCCO[SiH2]OCCCCCC. The Balaban J connectivity index is 2.81. The second kappa shape index (κ2) is 14.1. The Morgan fingerprint density at radius 2 is 1.13 bits per heavy atom. The van der Waals surface area contributed by atoms with Crippen molar-refractivity contribution in [3.05, 3.63) is 0 Å². The molecular weight excluding hydrogens is 204 g/mol. The van der Waals surface area contributed by atoms with Gasteiger partial charge in [-0.3, -0.25) is 0 Å². The molecule has 0 saturated carbocycles. The average Bonchev–Trinajstić information content (AvgIpc) is 2.26. The number of unbranched alkanes of at least 4 members (excludes halogenated alkanes) is 6. The molecule has 0 aromatic heterocycles. The molecule has 0 aliphatic heterocycles. The van der Waals surface area contributed by atoms with Gasteiger partial charge in [0, 0.05) is 13.2 Å². The first-order valence-corrected chi connectivity index (χ1v) is 7.72. The normalized spacial score (nSPS) is 10.8. The zero-order valence-electron chi connectivity index (χ0n) is 10.6. The minimum Gasteiger partial charge on any atom is -0.399 e. The van der Waals surface area contributed by atoms with Gasteiger partial charge in [0.25, 0.3) is 0 Å². The van der Waals surface area contributed by atoms with Crippen LogP contribution in [0.4, 0.5) is 0 Å². The van der Waals surface area contributed by atoms with E-state index >= 15 is 0 Å². The lowest BCUT2D eigenvalue weighted by Crippen LogP contribution is -2.07. The molecule has 2 nitrogen and oxygen atoms in total. The number of rotatable bonds is 12. The van der Waals surface area contributed by atoms with Crippen LogP contribution in [0.2, 0.25) is 0 Å².